The number of hydrogen-bond acceptors (Lipinski definition) is 2. The van der Waals surface area contributed by atoms with Crippen molar-refractivity contribution in [3.8, 4) is 0 Å². The van der Waals surface area contributed by atoms with E-state index < -0.39 is 6.09 Å². The molecule has 1 aromatic heterocycles. The third-order valence-electron chi connectivity index (χ3n) is 3.55. The number of hydrogen-bond donors (Lipinski definition) is 1. The lowest BCUT2D eigenvalue weighted by molar-refractivity contribution is 0.129. The molecule has 1 aliphatic rings. The van der Waals surface area contributed by atoms with Gasteiger partial charge in [-0.3, -0.25) is 9.88 Å². The van der Waals surface area contributed by atoms with Crippen LogP contribution in [-0.2, 0) is 6.42 Å². The van der Waals surface area contributed by atoms with Crippen LogP contribution in [0.4, 0.5) is 4.79 Å². The molecule has 0 radical (unpaired) electrons. The highest BCUT2D eigenvalue weighted by molar-refractivity contribution is 5.67. The predicted octanol–water partition coefficient (Wildman–Crippen LogP) is 2.71. The van der Waals surface area contributed by atoms with Gasteiger partial charge in [0, 0.05) is 18.9 Å². The van der Waals surface area contributed by atoms with Gasteiger partial charge in [0.2, 0.25) is 0 Å². The minimum atomic E-state index is -0.878. The van der Waals surface area contributed by atoms with Crippen LogP contribution in [0.15, 0.2) is 48.8 Å². The molecule has 0 fully saturated rings. The van der Waals surface area contributed by atoms with Crippen molar-refractivity contribution in [2.75, 3.05) is 6.54 Å². The van der Waals surface area contributed by atoms with E-state index in [2.05, 4.69) is 11.1 Å². The number of fused-ring (bicyclic) bond motifs is 1. The van der Waals surface area contributed by atoms with Gasteiger partial charge in [-0.1, -0.05) is 24.3 Å². The molecular weight excluding hydrogens is 240 g/mol. The lowest BCUT2D eigenvalue weighted by atomic mass is 9.89. The molecule has 1 amide bonds. The fourth-order valence-electron chi connectivity index (χ4n) is 2.68. The van der Waals surface area contributed by atoms with Crippen LogP contribution in [0, 0.1) is 0 Å². The van der Waals surface area contributed by atoms with E-state index >= 15 is 0 Å². The molecule has 3 rings (SSSR count). The fraction of sp³-hybridized carbons (Fsp3) is 0.200. The highest BCUT2D eigenvalue weighted by Gasteiger charge is 2.31. The van der Waals surface area contributed by atoms with Crippen LogP contribution in [0.1, 0.15) is 22.7 Å². The van der Waals surface area contributed by atoms with E-state index in [0.717, 1.165) is 17.5 Å². The molecule has 1 N–H and O–H groups in total. The molecule has 2 heterocycles. The van der Waals surface area contributed by atoms with Crippen molar-refractivity contribution in [1.82, 2.24) is 9.88 Å². The highest BCUT2D eigenvalue weighted by atomic mass is 16.4. The molecule has 1 unspecified atom stereocenters. The first kappa shape index (κ1) is 11.7. The summed E-state index contributed by atoms with van der Waals surface area (Å²) in [6, 6.07) is 11.6. The first-order valence-corrected chi connectivity index (χ1v) is 6.24. The van der Waals surface area contributed by atoms with Crippen molar-refractivity contribution in [2.45, 2.75) is 12.5 Å². The van der Waals surface area contributed by atoms with E-state index in [1.54, 1.807) is 12.4 Å². The molecule has 0 bridgehead atoms. The van der Waals surface area contributed by atoms with E-state index in [0.29, 0.717) is 6.54 Å². The third kappa shape index (κ3) is 2.05. The number of benzene rings is 1. The van der Waals surface area contributed by atoms with Crippen LogP contribution in [-0.4, -0.2) is 27.6 Å². The SMILES string of the molecule is O=C(O)N1CCc2ccccc2C1c1ccncc1. The molecule has 0 saturated carbocycles. The maximum Gasteiger partial charge on any atom is 0.408 e. The zero-order chi connectivity index (χ0) is 13.2. The van der Waals surface area contributed by atoms with Gasteiger partial charge in [-0.2, -0.15) is 0 Å². The largest absolute Gasteiger partial charge is 0.465 e. The number of pyridine rings is 1. The quantitative estimate of drug-likeness (QED) is 0.851. The average Bonchev–Trinajstić information content (AvgIpc) is 2.46. The monoisotopic (exact) mass is 254 g/mol. The molecular formula is C15H14N2O2. The minimum absolute atomic E-state index is 0.231. The van der Waals surface area contributed by atoms with Crippen LogP contribution in [0.25, 0.3) is 0 Å². The maximum absolute atomic E-state index is 11.5. The molecule has 4 nitrogen and oxygen atoms in total. The second kappa shape index (κ2) is 4.72. The van der Waals surface area contributed by atoms with Crippen LogP contribution >= 0.6 is 0 Å². The van der Waals surface area contributed by atoms with E-state index in [1.807, 2.05) is 30.3 Å². The number of nitrogens with zero attached hydrogens (tertiary/aromatic N) is 2. The summed E-state index contributed by atoms with van der Waals surface area (Å²) in [5, 5.41) is 9.41. The molecule has 2 aromatic rings. The summed E-state index contributed by atoms with van der Waals surface area (Å²) >= 11 is 0. The lowest BCUT2D eigenvalue weighted by Gasteiger charge is -2.35. The number of aromatic nitrogens is 1. The zero-order valence-electron chi connectivity index (χ0n) is 10.4. The van der Waals surface area contributed by atoms with Gasteiger partial charge in [-0.25, -0.2) is 4.79 Å². The summed E-state index contributed by atoms with van der Waals surface area (Å²) in [5.41, 5.74) is 3.26. The highest BCUT2D eigenvalue weighted by Crippen LogP contribution is 2.34. The molecule has 0 aliphatic carbocycles. The summed E-state index contributed by atoms with van der Waals surface area (Å²) in [7, 11) is 0. The van der Waals surface area contributed by atoms with Crippen molar-refractivity contribution in [3.63, 3.8) is 0 Å². The maximum atomic E-state index is 11.5. The Morgan fingerprint density at radius 3 is 2.68 bits per heavy atom. The smallest absolute Gasteiger partial charge is 0.408 e. The van der Waals surface area contributed by atoms with Crippen molar-refractivity contribution in [2.24, 2.45) is 0 Å². The molecule has 1 atom stereocenters. The van der Waals surface area contributed by atoms with Crippen LogP contribution in [0.2, 0.25) is 0 Å². The normalized spacial score (nSPS) is 17.9. The predicted molar refractivity (Wildman–Crippen MR) is 71.0 cm³/mol. The Bertz CT molecular complexity index is 598. The Labute approximate surface area is 111 Å². The van der Waals surface area contributed by atoms with Gasteiger partial charge in [-0.05, 0) is 35.2 Å². The number of amides is 1. The van der Waals surface area contributed by atoms with E-state index in [1.165, 1.54) is 10.5 Å². The molecule has 0 saturated heterocycles. The lowest BCUT2D eigenvalue weighted by Crippen LogP contribution is -2.39. The third-order valence-corrected chi connectivity index (χ3v) is 3.55. The van der Waals surface area contributed by atoms with Gasteiger partial charge in [-0.15, -0.1) is 0 Å². The molecule has 1 aromatic carbocycles. The Kier molecular flexibility index (Phi) is 2.91. The van der Waals surface area contributed by atoms with Crippen molar-refractivity contribution in [1.29, 1.82) is 0 Å². The Hall–Kier alpha value is -2.36. The molecule has 4 heteroatoms. The first-order valence-electron chi connectivity index (χ1n) is 6.24. The summed E-state index contributed by atoms with van der Waals surface area (Å²) in [5.74, 6) is 0. The van der Waals surface area contributed by atoms with Gasteiger partial charge in [0.15, 0.2) is 0 Å². The zero-order valence-corrected chi connectivity index (χ0v) is 10.4. The van der Waals surface area contributed by atoms with Crippen LogP contribution in [0.5, 0.6) is 0 Å². The topological polar surface area (TPSA) is 53.4 Å². The molecule has 96 valence electrons. The molecule has 1 aliphatic heterocycles. The Balaban J connectivity index is 2.13. The van der Waals surface area contributed by atoms with E-state index in [4.69, 9.17) is 0 Å². The van der Waals surface area contributed by atoms with Gasteiger partial charge < -0.3 is 5.11 Å². The standard InChI is InChI=1S/C15H14N2O2/c18-15(19)17-10-7-11-3-1-2-4-13(11)14(17)12-5-8-16-9-6-12/h1-6,8-9,14H,7,10H2,(H,18,19). The van der Waals surface area contributed by atoms with Gasteiger partial charge in [0.1, 0.15) is 0 Å². The van der Waals surface area contributed by atoms with Crippen molar-refractivity contribution < 1.29 is 9.90 Å². The van der Waals surface area contributed by atoms with E-state index in [-0.39, 0.29) is 6.04 Å². The second-order valence-electron chi connectivity index (χ2n) is 4.61. The van der Waals surface area contributed by atoms with E-state index in [9.17, 15) is 9.90 Å². The molecule has 0 spiro atoms. The number of carboxylic acid groups (broad SMARTS) is 1. The van der Waals surface area contributed by atoms with Crippen molar-refractivity contribution >= 4 is 6.09 Å². The van der Waals surface area contributed by atoms with Gasteiger partial charge in [0.25, 0.3) is 0 Å². The van der Waals surface area contributed by atoms with Crippen molar-refractivity contribution in [3.05, 3.63) is 65.5 Å². The summed E-state index contributed by atoms with van der Waals surface area (Å²) in [6.45, 7) is 0.527. The first-order chi connectivity index (χ1) is 9.27. The molecule has 19 heavy (non-hydrogen) atoms. The summed E-state index contributed by atoms with van der Waals surface area (Å²) in [6.07, 6.45) is 3.29. The number of rotatable bonds is 1. The Morgan fingerprint density at radius 1 is 1.21 bits per heavy atom. The number of carbonyl (C=O) groups is 1. The Morgan fingerprint density at radius 2 is 1.95 bits per heavy atom. The second-order valence-corrected chi connectivity index (χ2v) is 4.61. The summed E-state index contributed by atoms with van der Waals surface area (Å²) < 4.78 is 0. The fourth-order valence-corrected chi connectivity index (χ4v) is 2.68. The van der Waals surface area contributed by atoms with Crippen LogP contribution < -0.4 is 0 Å². The van der Waals surface area contributed by atoms with Gasteiger partial charge >= 0.3 is 6.09 Å². The van der Waals surface area contributed by atoms with Crippen LogP contribution in [0.3, 0.4) is 0 Å². The van der Waals surface area contributed by atoms with Gasteiger partial charge in [0.05, 0.1) is 6.04 Å². The summed E-state index contributed by atoms with van der Waals surface area (Å²) in [4.78, 5) is 17.0. The average molecular weight is 254 g/mol. The minimum Gasteiger partial charge on any atom is -0.465 e.